The zero-order valence-electron chi connectivity index (χ0n) is 16.9. The summed E-state index contributed by atoms with van der Waals surface area (Å²) in [6.45, 7) is 1.41. The molecule has 1 aromatic rings. The van der Waals surface area contributed by atoms with Gasteiger partial charge in [0.1, 0.15) is 11.6 Å². The third-order valence-corrected chi connectivity index (χ3v) is 5.97. The molecule has 172 valence electrons. The SMILES string of the molecule is CCN(C(=O)CCCOC(F)(F)F)C12CC(NC(=O)COc3ccc(Cl)c(F)c3)(C1)C2. The van der Waals surface area contributed by atoms with Crippen LogP contribution in [0.25, 0.3) is 0 Å². The monoisotopic (exact) mass is 466 g/mol. The van der Waals surface area contributed by atoms with Crippen LogP contribution < -0.4 is 10.1 Å². The van der Waals surface area contributed by atoms with Gasteiger partial charge in [-0.25, -0.2) is 4.39 Å². The summed E-state index contributed by atoms with van der Waals surface area (Å²) in [5.74, 6) is -1.04. The number of amides is 2. The van der Waals surface area contributed by atoms with Gasteiger partial charge < -0.3 is 15.0 Å². The van der Waals surface area contributed by atoms with E-state index in [1.165, 1.54) is 12.1 Å². The second kappa shape index (κ2) is 8.82. The molecule has 2 bridgehead atoms. The smallest absolute Gasteiger partial charge is 0.484 e. The van der Waals surface area contributed by atoms with Gasteiger partial charge in [0.15, 0.2) is 6.61 Å². The van der Waals surface area contributed by atoms with Crippen LogP contribution in [-0.2, 0) is 14.3 Å². The third kappa shape index (κ3) is 5.41. The van der Waals surface area contributed by atoms with Crippen LogP contribution in [0.2, 0.25) is 5.02 Å². The van der Waals surface area contributed by atoms with Crippen LogP contribution in [0.1, 0.15) is 39.0 Å². The van der Waals surface area contributed by atoms with E-state index in [0.29, 0.717) is 25.8 Å². The maximum Gasteiger partial charge on any atom is 0.522 e. The molecule has 0 heterocycles. The van der Waals surface area contributed by atoms with Gasteiger partial charge in [0.25, 0.3) is 5.91 Å². The number of halogens is 5. The summed E-state index contributed by atoms with van der Waals surface area (Å²) >= 11 is 5.60. The Labute approximate surface area is 181 Å². The Morgan fingerprint density at radius 2 is 1.94 bits per heavy atom. The minimum atomic E-state index is -4.70. The summed E-state index contributed by atoms with van der Waals surface area (Å²) in [6.07, 6.45) is -3.00. The van der Waals surface area contributed by atoms with Gasteiger partial charge in [-0.3, -0.25) is 14.3 Å². The molecule has 0 radical (unpaired) electrons. The van der Waals surface area contributed by atoms with E-state index in [-0.39, 0.29) is 47.6 Å². The molecule has 3 aliphatic carbocycles. The number of nitrogens with one attached hydrogen (secondary N) is 1. The molecule has 11 heteroatoms. The van der Waals surface area contributed by atoms with Crippen LogP contribution in [0.4, 0.5) is 17.6 Å². The molecule has 0 atom stereocenters. The fourth-order valence-corrected chi connectivity index (χ4v) is 4.64. The Kier molecular flexibility index (Phi) is 6.71. The number of hydrogen-bond donors (Lipinski definition) is 1. The number of benzene rings is 1. The lowest BCUT2D eigenvalue weighted by atomic mass is 9.43. The fourth-order valence-electron chi connectivity index (χ4n) is 4.52. The van der Waals surface area contributed by atoms with Gasteiger partial charge in [-0.15, -0.1) is 13.2 Å². The standard InChI is InChI=1S/C20H23ClF4N2O4/c1-2-27(17(29)4-3-7-31-20(23,24)25)19-10-18(11-19,12-19)26-16(28)9-30-13-5-6-14(21)15(22)8-13/h5-6,8H,2-4,7,9-12H2,1H3,(H,26,28). The van der Waals surface area contributed by atoms with E-state index in [1.807, 2.05) is 6.92 Å². The number of hydrogen-bond acceptors (Lipinski definition) is 4. The molecule has 1 N–H and O–H groups in total. The average molecular weight is 467 g/mol. The number of carbonyl (C=O) groups excluding carboxylic acids is 2. The highest BCUT2D eigenvalue weighted by Gasteiger charge is 2.71. The average Bonchev–Trinajstić information content (AvgIpc) is 2.63. The second-order valence-corrected chi connectivity index (χ2v) is 8.39. The van der Waals surface area contributed by atoms with Crippen molar-refractivity contribution in [1.29, 1.82) is 0 Å². The predicted octanol–water partition coefficient (Wildman–Crippen LogP) is 3.81. The first kappa shape index (κ1) is 23.6. The van der Waals surface area contributed by atoms with Gasteiger partial charge in [-0.2, -0.15) is 0 Å². The minimum Gasteiger partial charge on any atom is -0.484 e. The number of rotatable bonds is 10. The normalized spacial score (nSPS) is 24.1. The Bertz CT molecular complexity index is 829. The first-order valence-corrected chi connectivity index (χ1v) is 10.3. The molecule has 2 amide bonds. The zero-order valence-corrected chi connectivity index (χ0v) is 17.6. The van der Waals surface area contributed by atoms with Crippen molar-refractivity contribution < 1.29 is 36.6 Å². The molecule has 4 rings (SSSR count). The largest absolute Gasteiger partial charge is 0.522 e. The van der Waals surface area contributed by atoms with Gasteiger partial charge in [0.05, 0.1) is 11.6 Å². The van der Waals surface area contributed by atoms with Crippen LogP contribution in [-0.4, -0.2) is 53.9 Å². The van der Waals surface area contributed by atoms with E-state index in [2.05, 4.69) is 10.1 Å². The summed E-state index contributed by atoms with van der Waals surface area (Å²) in [5, 5.41) is 2.86. The lowest BCUT2D eigenvalue weighted by Crippen LogP contribution is -2.84. The van der Waals surface area contributed by atoms with Crippen molar-refractivity contribution in [3.63, 3.8) is 0 Å². The molecule has 0 aliphatic heterocycles. The maximum atomic E-state index is 13.4. The first-order chi connectivity index (χ1) is 14.5. The van der Waals surface area contributed by atoms with Crippen molar-refractivity contribution in [2.24, 2.45) is 0 Å². The van der Waals surface area contributed by atoms with E-state index >= 15 is 0 Å². The number of carbonyl (C=O) groups is 2. The predicted molar refractivity (Wildman–Crippen MR) is 103 cm³/mol. The van der Waals surface area contributed by atoms with Crippen molar-refractivity contribution in [3.05, 3.63) is 29.0 Å². The van der Waals surface area contributed by atoms with Gasteiger partial charge in [-0.1, -0.05) is 11.6 Å². The summed E-state index contributed by atoms with van der Waals surface area (Å²) in [5.41, 5.74) is -0.761. The molecule has 0 saturated heterocycles. The lowest BCUT2D eigenvalue weighted by Gasteiger charge is -2.73. The maximum absolute atomic E-state index is 13.4. The van der Waals surface area contributed by atoms with E-state index in [1.54, 1.807) is 4.90 Å². The second-order valence-electron chi connectivity index (χ2n) is 7.98. The van der Waals surface area contributed by atoms with Crippen LogP contribution in [0, 0.1) is 5.82 Å². The summed E-state index contributed by atoms with van der Waals surface area (Å²) < 4.78 is 58.4. The Hall–Kier alpha value is -2.07. The topological polar surface area (TPSA) is 67.9 Å². The lowest BCUT2D eigenvalue weighted by molar-refractivity contribution is -0.324. The van der Waals surface area contributed by atoms with E-state index in [4.69, 9.17) is 16.3 Å². The molecule has 0 spiro atoms. The molecule has 3 aliphatic rings. The molecule has 0 aromatic heterocycles. The van der Waals surface area contributed by atoms with E-state index in [9.17, 15) is 27.2 Å². The van der Waals surface area contributed by atoms with Crippen LogP contribution in [0.3, 0.4) is 0 Å². The van der Waals surface area contributed by atoms with Crippen LogP contribution in [0.15, 0.2) is 18.2 Å². The van der Waals surface area contributed by atoms with Gasteiger partial charge in [-0.05, 0) is 44.7 Å². The first-order valence-electron chi connectivity index (χ1n) is 9.88. The molecule has 31 heavy (non-hydrogen) atoms. The zero-order chi connectivity index (χ0) is 22.9. The van der Waals surface area contributed by atoms with Crippen LogP contribution in [0.5, 0.6) is 5.75 Å². The van der Waals surface area contributed by atoms with Crippen molar-refractivity contribution in [2.45, 2.75) is 56.5 Å². The molecule has 1 aromatic carbocycles. The summed E-state index contributed by atoms with van der Waals surface area (Å²) in [6, 6.07) is 3.88. The highest BCUT2D eigenvalue weighted by Crippen LogP contribution is 2.63. The highest BCUT2D eigenvalue weighted by atomic mass is 35.5. The molecule has 3 saturated carbocycles. The Balaban J connectivity index is 1.41. The van der Waals surface area contributed by atoms with Gasteiger partial charge >= 0.3 is 6.36 Å². The van der Waals surface area contributed by atoms with Crippen molar-refractivity contribution >= 4 is 23.4 Å². The fraction of sp³-hybridized carbons (Fsp3) is 0.600. The summed E-state index contributed by atoms with van der Waals surface area (Å²) in [7, 11) is 0. The number of nitrogens with zero attached hydrogens (tertiary/aromatic N) is 1. The molecular formula is C20H23ClF4N2O4. The summed E-state index contributed by atoms with van der Waals surface area (Å²) in [4.78, 5) is 26.3. The quantitative estimate of drug-likeness (QED) is 0.420. The minimum absolute atomic E-state index is 0.0184. The highest BCUT2D eigenvalue weighted by molar-refractivity contribution is 6.30. The molecular weight excluding hydrogens is 444 g/mol. The van der Waals surface area contributed by atoms with Crippen molar-refractivity contribution in [3.8, 4) is 5.75 Å². The third-order valence-electron chi connectivity index (χ3n) is 5.66. The number of ether oxygens (including phenoxy) is 2. The van der Waals surface area contributed by atoms with Crippen molar-refractivity contribution in [1.82, 2.24) is 10.2 Å². The van der Waals surface area contributed by atoms with Crippen LogP contribution >= 0.6 is 11.6 Å². The van der Waals surface area contributed by atoms with Gasteiger partial charge in [0, 0.05) is 30.1 Å². The van der Waals surface area contributed by atoms with Crippen molar-refractivity contribution in [2.75, 3.05) is 19.8 Å². The molecule has 3 fully saturated rings. The molecule has 6 nitrogen and oxygen atoms in total. The molecule has 0 unspecified atom stereocenters. The van der Waals surface area contributed by atoms with E-state index in [0.717, 1.165) is 6.07 Å². The Morgan fingerprint density at radius 3 is 2.52 bits per heavy atom. The van der Waals surface area contributed by atoms with Gasteiger partial charge in [0.2, 0.25) is 5.91 Å². The van der Waals surface area contributed by atoms with E-state index < -0.39 is 24.3 Å². The number of alkyl halides is 3. The Morgan fingerprint density at radius 1 is 1.26 bits per heavy atom.